The summed E-state index contributed by atoms with van der Waals surface area (Å²) in [7, 11) is 0. The molecule has 1 aromatic heterocycles. The zero-order chi connectivity index (χ0) is 26.6. The fourth-order valence-corrected chi connectivity index (χ4v) is 6.45. The maximum Gasteiger partial charge on any atom is 0.0541 e. The SMILES string of the molecule is Clc1ccc(-c2cccc(-n3c4ccccc4c4ccccc43)c2)c(-c2cc3ccccc3c3ccccc23)c1. The smallest absolute Gasteiger partial charge is 0.0541 e. The van der Waals surface area contributed by atoms with E-state index in [0.29, 0.717) is 0 Å². The van der Waals surface area contributed by atoms with Gasteiger partial charge < -0.3 is 4.57 Å². The van der Waals surface area contributed by atoms with Crippen molar-refractivity contribution >= 4 is 55.0 Å². The lowest BCUT2D eigenvalue weighted by Crippen LogP contribution is -1.95. The van der Waals surface area contributed by atoms with E-state index in [1.165, 1.54) is 48.9 Å². The van der Waals surface area contributed by atoms with Crippen LogP contribution in [0.3, 0.4) is 0 Å². The van der Waals surface area contributed by atoms with Gasteiger partial charge in [-0.1, -0.05) is 115 Å². The molecule has 0 fully saturated rings. The van der Waals surface area contributed by atoms with Crippen LogP contribution in [0.2, 0.25) is 5.02 Å². The third kappa shape index (κ3) is 3.56. The van der Waals surface area contributed by atoms with Gasteiger partial charge in [0, 0.05) is 21.5 Å². The summed E-state index contributed by atoms with van der Waals surface area (Å²) >= 11 is 6.66. The second-order valence-corrected chi connectivity index (χ2v) is 10.7. The topological polar surface area (TPSA) is 4.93 Å². The summed E-state index contributed by atoms with van der Waals surface area (Å²) in [5.74, 6) is 0. The highest BCUT2D eigenvalue weighted by Crippen LogP contribution is 2.41. The van der Waals surface area contributed by atoms with Crippen LogP contribution in [0.15, 0.2) is 146 Å². The molecule has 188 valence electrons. The van der Waals surface area contributed by atoms with Gasteiger partial charge in [-0.2, -0.15) is 0 Å². The minimum atomic E-state index is 0.731. The molecule has 0 aliphatic rings. The Hall–Kier alpha value is -4.85. The molecule has 0 unspecified atom stereocenters. The van der Waals surface area contributed by atoms with E-state index in [9.17, 15) is 0 Å². The Morgan fingerprint density at radius 1 is 0.400 bits per heavy atom. The molecule has 2 heteroatoms. The maximum absolute atomic E-state index is 6.66. The van der Waals surface area contributed by atoms with Gasteiger partial charge in [-0.3, -0.25) is 0 Å². The molecule has 0 spiro atoms. The molecule has 0 saturated heterocycles. The summed E-state index contributed by atoms with van der Waals surface area (Å²) in [5.41, 5.74) is 8.19. The van der Waals surface area contributed by atoms with Crippen LogP contribution in [0.25, 0.3) is 71.3 Å². The van der Waals surface area contributed by atoms with Gasteiger partial charge in [0.05, 0.1) is 11.0 Å². The van der Waals surface area contributed by atoms with Gasteiger partial charge in [0.25, 0.3) is 0 Å². The van der Waals surface area contributed by atoms with Crippen molar-refractivity contribution in [2.75, 3.05) is 0 Å². The molecule has 0 radical (unpaired) electrons. The number of aromatic nitrogens is 1. The molecular weight excluding hydrogens is 506 g/mol. The van der Waals surface area contributed by atoms with E-state index >= 15 is 0 Å². The van der Waals surface area contributed by atoms with E-state index in [1.54, 1.807) is 0 Å². The average molecular weight is 530 g/mol. The Labute approximate surface area is 237 Å². The third-order valence-corrected chi connectivity index (χ3v) is 8.27. The summed E-state index contributed by atoms with van der Waals surface area (Å²) in [6, 6.07) is 52.0. The van der Waals surface area contributed by atoms with Gasteiger partial charge in [-0.15, -0.1) is 0 Å². The minimum absolute atomic E-state index is 0.731. The van der Waals surface area contributed by atoms with E-state index in [2.05, 4.69) is 144 Å². The molecule has 0 aliphatic carbocycles. The summed E-state index contributed by atoms with van der Waals surface area (Å²) in [5, 5.41) is 8.22. The monoisotopic (exact) mass is 529 g/mol. The first-order valence-corrected chi connectivity index (χ1v) is 13.9. The van der Waals surface area contributed by atoms with Crippen LogP contribution in [0.4, 0.5) is 0 Å². The highest BCUT2D eigenvalue weighted by atomic mass is 35.5. The summed E-state index contributed by atoms with van der Waals surface area (Å²) in [6.07, 6.45) is 0. The maximum atomic E-state index is 6.66. The van der Waals surface area contributed by atoms with Crippen molar-refractivity contribution in [2.45, 2.75) is 0 Å². The van der Waals surface area contributed by atoms with E-state index in [0.717, 1.165) is 27.4 Å². The number of benzene rings is 7. The lowest BCUT2D eigenvalue weighted by Gasteiger charge is -2.16. The van der Waals surface area contributed by atoms with Crippen molar-refractivity contribution in [3.05, 3.63) is 151 Å². The number of fused-ring (bicyclic) bond motifs is 6. The summed E-state index contributed by atoms with van der Waals surface area (Å²) < 4.78 is 2.37. The van der Waals surface area contributed by atoms with Gasteiger partial charge in [0.1, 0.15) is 0 Å². The number of nitrogens with zero attached hydrogens (tertiary/aromatic N) is 1. The first kappa shape index (κ1) is 23.1. The van der Waals surface area contributed by atoms with Crippen molar-refractivity contribution in [3.8, 4) is 27.9 Å². The normalized spacial score (nSPS) is 11.6. The van der Waals surface area contributed by atoms with Crippen LogP contribution in [0.5, 0.6) is 0 Å². The molecular formula is C38H24ClN. The highest BCUT2D eigenvalue weighted by molar-refractivity contribution is 6.31. The molecule has 40 heavy (non-hydrogen) atoms. The van der Waals surface area contributed by atoms with Crippen molar-refractivity contribution < 1.29 is 0 Å². The third-order valence-electron chi connectivity index (χ3n) is 8.04. The summed E-state index contributed by atoms with van der Waals surface area (Å²) in [4.78, 5) is 0. The summed E-state index contributed by atoms with van der Waals surface area (Å²) in [6.45, 7) is 0. The number of para-hydroxylation sites is 2. The van der Waals surface area contributed by atoms with Crippen molar-refractivity contribution in [1.82, 2.24) is 4.57 Å². The number of hydrogen-bond acceptors (Lipinski definition) is 0. The Morgan fingerprint density at radius 3 is 1.77 bits per heavy atom. The second-order valence-electron chi connectivity index (χ2n) is 10.3. The number of hydrogen-bond donors (Lipinski definition) is 0. The lowest BCUT2D eigenvalue weighted by atomic mass is 9.89. The quantitative estimate of drug-likeness (QED) is 0.200. The molecule has 7 aromatic carbocycles. The molecule has 8 aromatic rings. The Kier molecular flexibility index (Phi) is 5.26. The van der Waals surface area contributed by atoms with E-state index < -0.39 is 0 Å². The zero-order valence-electron chi connectivity index (χ0n) is 21.7. The van der Waals surface area contributed by atoms with Crippen LogP contribution in [0, 0.1) is 0 Å². The number of halogens is 1. The number of rotatable bonds is 3. The van der Waals surface area contributed by atoms with Gasteiger partial charge in [-0.05, 0) is 86.3 Å². The van der Waals surface area contributed by atoms with E-state index in [-0.39, 0.29) is 0 Å². The van der Waals surface area contributed by atoms with E-state index in [1.807, 2.05) is 6.07 Å². The standard InChI is InChI=1S/C38H24ClN/c39-27-20-21-30(36(24-27)35-23-26-10-1-2-13-29(26)31-14-3-4-15-32(31)35)25-11-9-12-28(22-25)40-37-18-7-5-16-33(37)34-17-6-8-19-38(34)40/h1-24H. The molecule has 0 saturated carbocycles. The predicted octanol–water partition coefficient (Wildman–Crippen LogP) is 11.1. The second kappa shape index (κ2) is 9.12. The van der Waals surface area contributed by atoms with Gasteiger partial charge in [0.15, 0.2) is 0 Å². The molecule has 0 N–H and O–H groups in total. The van der Waals surface area contributed by atoms with Crippen molar-refractivity contribution in [3.63, 3.8) is 0 Å². The Bertz CT molecular complexity index is 2180. The fourth-order valence-electron chi connectivity index (χ4n) is 6.28. The predicted molar refractivity (Wildman–Crippen MR) is 172 cm³/mol. The van der Waals surface area contributed by atoms with Gasteiger partial charge in [0.2, 0.25) is 0 Å². The van der Waals surface area contributed by atoms with Gasteiger partial charge in [-0.25, -0.2) is 0 Å². The Balaban J connectivity index is 1.39. The van der Waals surface area contributed by atoms with Crippen LogP contribution >= 0.6 is 11.6 Å². The van der Waals surface area contributed by atoms with Crippen LogP contribution in [-0.4, -0.2) is 4.57 Å². The lowest BCUT2D eigenvalue weighted by molar-refractivity contribution is 1.18. The molecule has 1 nitrogen and oxygen atoms in total. The highest BCUT2D eigenvalue weighted by Gasteiger charge is 2.16. The molecule has 1 heterocycles. The zero-order valence-corrected chi connectivity index (χ0v) is 22.4. The Morgan fingerprint density at radius 2 is 1.02 bits per heavy atom. The molecule has 0 atom stereocenters. The first-order valence-electron chi connectivity index (χ1n) is 13.6. The first-order chi connectivity index (χ1) is 19.8. The minimum Gasteiger partial charge on any atom is -0.309 e. The van der Waals surface area contributed by atoms with Gasteiger partial charge >= 0.3 is 0 Å². The largest absolute Gasteiger partial charge is 0.309 e. The molecule has 0 aliphatic heterocycles. The van der Waals surface area contributed by atoms with Crippen molar-refractivity contribution in [1.29, 1.82) is 0 Å². The average Bonchev–Trinajstić information content (AvgIpc) is 3.35. The van der Waals surface area contributed by atoms with Crippen LogP contribution < -0.4 is 0 Å². The van der Waals surface area contributed by atoms with Crippen molar-refractivity contribution in [2.24, 2.45) is 0 Å². The van der Waals surface area contributed by atoms with E-state index in [4.69, 9.17) is 11.6 Å². The van der Waals surface area contributed by atoms with Crippen LogP contribution in [-0.2, 0) is 0 Å². The molecule has 0 amide bonds. The van der Waals surface area contributed by atoms with Crippen LogP contribution in [0.1, 0.15) is 0 Å². The fraction of sp³-hybridized carbons (Fsp3) is 0. The molecule has 0 bridgehead atoms. The molecule has 8 rings (SSSR count).